The number of likely N-dealkylation sites (tertiary alicyclic amines) is 1. The third-order valence-corrected chi connectivity index (χ3v) is 5.11. The molecule has 1 amide bonds. The van der Waals surface area contributed by atoms with Crippen molar-refractivity contribution in [1.29, 1.82) is 0 Å². The summed E-state index contributed by atoms with van der Waals surface area (Å²) in [7, 11) is 0. The summed E-state index contributed by atoms with van der Waals surface area (Å²) in [5.41, 5.74) is 0.164. The van der Waals surface area contributed by atoms with Crippen molar-refractivity contribution in [1.82, 2.24) is 4.90 Å². The molecule has 3 nitrogen and oxygen atoms in total. The van der Waals surface area contributed by atoms with Crippen LogP contribution in [0, 0.1) is 0 Å². The highest BCUT2D eigenvalue weighted by molar-refractivity contribution is 5.89. The highest BCUT2D eigenvalue weighted by Crippen LogP contribution is 2.44. The van der Waals surface area contributed by atoms with Gasteiger partial charge in [0.15, 0.2) is 0 Å². The predicted molar refractivity (Wildman–Crippen MR) is 78.4 cm³/mol. The van der Waals surface area contributed by atoms with Crippen LogP contribution in [0.5, 0.6) is 0 Å². The van der Waals surface area contributed by atoms with Gasteiger partial charge in [-0.25, -0.2) is 0 Å². The Morgan fingerprint density at radius 3 is 2.35 bits per heavy atom. The number of rotatable bonds is 3. The first-order valence-electron chi connectivity index (χ1n) is 7.67. The van der Waals surface area contributed by atoms with Gasteiger partial charge in [0.05, 0.1) is 24.1 Å². The molecule has 3 heteroatoms. The van der Waals surface area contributed by atoms with Crippen molar-refractivity contribution >= 4 is 5.91 Å². The zero-order valence-corrected chi connectivity index (χ0v) is 12.1. The largest absolute Gasteiger partial charge is 0.386 e. The molecule has 20 heavy (non-hydrogen) atoms. The zero-order chi connectivity index (χ0) is 14.2. The molecule has 1 saturated carbocycles. The normalized spacial score (nSPS) is 23.4. The van der Waals surface area contributed by atoms with Crippen molar-refractivity contribution in [3.63, 3.8) is 0 Å². The maximum atomic E-state index is 13.0. The van der Waals surface area contributed by atoms with Crippen molar-refractivity contribution in [2.75, 3.05) is 13.1 Å². The van der Waals surface area contributed by atoms with Crippen molar-refractivity contribution < 1.29 is 9.90 Å². The minimum absolute atomic E-state index is 0.222. The van der Waals surface area contributed by atoms with Gasteiger partial charge < -0.3 is 10.0 Å². The van der Waals surface area contributed by atoms with Crippen LogP contribution in [-0.2, 0) is 10.2 Å². The SMILES string of the molecule is CCC1(O)CN(C(=O)C2(c3ccccc3)CCCC2)C1. The number of hydrogen-bond acceptors (Lipinski definition) is 2. The van der Waals surface area contributed by atoms with Gasteiger partial charge in [0, 0.05) is 0 Å². The summed E-state index contributed by atoms with van der Waals surface area (Å²) < 4.78 is 0. The van der Waals surface area contributed by atoms with Gasteiger partial charge in [0.1, 0.15) is 0 Å². The number of amides is 1. The molecule has 1 N–H and O–H groups in total. The lowest BCUT2D eigenvalue weighted by molar-refractivity contribution is -0.161. The minimum atomic E-state index is -0.647. The maximum Gasteiger partial charge on any atom is 0.233 e. The molecule has 3 rings (SSSR count). The highest BCUT2D eigenvalue weighted by atomic mass is 16.3. The average Bonchev–Trinajstić information content (AvgIpc) is 2.95. The lowest BCUT2D eigenvalue weighted by Crippen LogP contribution is -2.66. The quantitative estimate of drug-likeness (QED) is 0.919. The van der Waals surface area contributed by atoms with E-state index in [9.17, 15) is 9.90 Å². The van der Waals surface area contributed by atoms with Crippen LogP contribution in [0.25, 0.3) is 0 Å². The summed E-state index contributed by atoms with van der Waals surface area (Å²) in [6.07, 6.45) is 4.84. The summed E-state index contributed by atoms with van der Waals surface area (Å²) >= 11 is 0. The number of aliphatic hydroxyl groups is 1. The molecule has 1 aromatic rings. The number of hydrogen-bond donors (Lipinski definition) is 1. The number of carbonyl (C=O) groups is 1. The van der Waals surface area contributed by atoms with E-state index in [-0.39, 0.29) is 11.3 Å². The second-order valence-corrected chi connectivity index (χ2v) is 6.39. The molecule has 2 aliphatic rings. The molecule has 2 fully saturated rings. The van der Waals surface area contributed by atoms with Gasteiger partial charge in [0.2, 0.25) is 5.91 Å². The molecule has 1 aliphatic carbocycles. The first-order chi connectivity index (χ1) is 9.60. The number of β-amino-alcohol motifs (C(OH)–C–C–N with tert-alkyl or cyclic N) is 1. The number of benzene rings is 1. The van der Waals surface area contributed by atoms with E-state index in [0.717, 1.165) is 37.7 Å². The van der Waals surface area contributed by atoms with Gasteiger partial charge in [0.25, 0.3) is 0 Å². The summed E-state index contributed by atoms with van der Waals surface area (Å²) in [5, 5.41) is 10.1. The fourth-order valence-corrected chi connectivity index (χ4v) is 3.70. The lowest BCUT2D eigenvalue weighted by Gasteiger charge is -2.49. The molecule has 0 aromatic heterocycles. The van der Waals surface area contributed by atoms with E-state index in [1.807, 2.05) is 30.0 Å². The van der Waals surface area contributed by atoms with E-state index in [1.165, 1.54) is 0 Å². The summed E-state index contributed by atoms with van der Waals surface area (Å²) in [5.74, 6) is 0.222. The second kappa shape index (κ2) is 4.88. The molecule has 0 radical (unpaired) electrons. The Labute approximate surface area is 120 Å². The molecular weight excluding hydrogens is 250 g/mol. The first kappa shape index (κ1) is 13.6. The van der Waals surface area contributed by atoms with E-state index >= 15 is 0 Å². The Morgan fingerprint density at radius 1 is 1.20 bits per heavy atom. The second-order valence-electron chi connectivity index (χ2n) is 6.39. The van der Waals surface area contributed by atoms with Crippen LogP contribution in [0.3, 0.4) is 0 Å². The van der Waals surface area contributed by atoms with Crippen LogP contribution >= 0.6 is 0 Å². The van der Waals surface area contributed by atoms with E-state index in [2.05, 4.69) is 12.1 Å². The Balaban J connectivity index is 1.84. The van der Waals surface area contributed by atoms with Crippen molar-refractivity contribution in [2.24, 2.45) is 0 Å². The molecule has 0 spiro atoms. The van der Waals surface area contributed by atoms with Crippen molar-refractivity contribution in [3.8, 4) is 0 Å². The van der Waals surface area contributed by atoms with E-state index in [4.69, 9.17) is 0 Å². The molecule has 0 bridgehead atoms. The van der Waals surface area contributed by atoms with Crippen molar-refractivity contribution in [2.45, 2.75) is 50.0 Å². The van der Waals surface area contributed by atoms with E-state index < -0.39 is 5.60 Å². The van der Waals surface area contributed by atoms with Gasteiger partial charge in [-0.05, 0) is 24.8 Å². The number of nitrogens with zero attached hydrogens (tertiary/aromatic N) is 1. The standard InChI is InChI=1S/C17H23NO2/c1-2-16(20)12-18(13-16)15(19)17(10-6-7-11-17)14-8-4-3-5-9-14/h3-5,8-9,20H,2,6-7,10-13H2,1H3. The monoisotopic (exact) mass is 273 g/mol. The van der Waals surface area contributed by atoms with Crippen LogP contribution < -0.4 is 0 Å². The summed E-state index contributed by atoms with van der Waals surface area (Å²) in [6, 6.07) is 10.2. The van der Waals surface area contributed by atoms with Gasteiger partial charge in [-0.3, -0.25) is 4.79 Å². The Hall–Kier alpha value is -1.35. The van der Waals surface area contributed by atoms with Gasteiger partial charge in [-0.1, -0.05) is 50.1 Å². The topological polar surface area (TPSA) is 40.5 Å². The van der Waals surface area contributed by atoms with Crippen LogP contribution in [0.2, 0.25) is 0 Å². The Kier molecular flexibility index (Phi) is 3.33. The third kappa shape index (κ3) is 2.05. The van der Waals surface area contributed by atoms with E-state index in [0.29, 0.717) is 13.1 Å². The fourth-order valence-electron chi connectivity index (χ4n) is 3.70. The summed E-state index contributed by atoms with van der Waals surface area (Å²) in [6.45, 7) is 2.97. The smallest absolute Gasteiger partial charge is 0.233 e. The van der Waals surface area contributed by atoms with Crippen LogP contribution in [0.15, 0.2) is 30.3 Å². The van der Waals surface area contributed by atoms with Gasteiger partial charge in [-0.2, -0.15) is 0 Å². The van der Waals surface area contributed by atoms with Gasteiger partial charge in [-0.15, -0.1) is 0 Å². The minimum Gasteiger partial charge on any atom is -0.386 e. The van der Waals surface area contributed by atoms with Gasteiger partial charge >= 0.3 is 0 Å². The summed E-state index contributed by atoms with van der Waals surface area (Å²) in [4.78, 5) is 14.8. The van der Waals surface area contributed by atoms with Crippen molar-refractivity contribution in [3.05, 3.63) is 35.9 Å². The average molecular weight is 273 g/mol. The lowest BCUT2D eigenvalue weighted by atomic mass is 9.76. The number of carbonyl (C=O) groups excluding carboxylic acids is 1. The molecule has 1 aromatic carbocycles. The third-order valence-electron chi connectivity index (χ3n) is 5.11. The molecule has 0 atom stereocenters. The maximum absolute atomic E-state index is 13.0. The molecule has 1 aliphatic heterocycles. The van der Waals surface area contributed by atoms with E-state index in [1.54, 1.807) is 0 Å². The first-order valence-corrected chi connectivity index (χ1v) is 7.67. The highest BCUT2D eigenvalue weighted by Gasteiger charge is 2.50. The molecule has 1 heterocycles. The molecule has 108 valence electrons. The molecular formula is C17H23NO2. The Bertz CT molecular complexity index is 485. The van der Waals surface area contributed by atoms with Crippen LogP contribution in [0.4, 0.5) is 0 Å². The Morgan fingerprint density at radius 2 is 1.80 bits per heavy atom. The molecule has 0 unspecified atom stereocenters. The zero-order valence-electron chi connectivity index (χ0n) is 12.1. The molecule has 1 saturated heterocycles. The van der Waals surface area contributed by atoms with Crippen LogP contribution in [-0.4, -0.2) is 34.6 Å². The fraction of sp³-hybridized carbons (Fsp3) is 0.588. The predicted octanol–water partition coefficient (Wildman–Crippen LogP) is 2.48. The van der Waals surface area contributed by atoms with Crippen LogP contribution in [0.1, 0.15) is 44.6 Å².